The Morgan fingerprint density at radius 3 is 2.25 bits per heavy atom. The van der Waals surface area contributed by atoms with E-state index in [-0.39, 0.29) is 6.04 Å². The van der Waals surface area contributed by atoms with Crippen LogP contribution in [0.5, 0.6) is 0 Å². The van der Waals surface area contributed by atoms with Crippen molar-refractivity contribution in [2.24, 2.45) is 5.92 Å². The first-order valence-corrected chi connectivity index (χ1v) is 9.51. The molecule has 2 aliphatic carbocycles. The van der Waals surface area contributed by atoms with Crippen molar-refractivity contribution >= 4 is 10.2 Å². The number of nitrogens with zero attached hydrogens (tertiary/aromatic N) is 2. The van der Waals surface area contributed by atoms with Crippen LogP contribution in [0.3, 0.4) is 0 Å². The van der Waals surface area contributed by atoms with Gasteiger partial charge in [0.2, 0.25) is 0 Å². The zero-order valence-corrected chi connectivity index (χ0v) is 13.2. The maximum atomic E-state index is 12.6. The molecule has 0 aromatic carbocycles. The molecule has 0 atom stereocenters. The Labute approximate surface area is 122 Å². The predicted octanol–water partition coefficient (Wildman–Crippen LogP) is 1.18. The molecule has 116 valence electrons. The fraction of sp³-hybridized carbons (Fsp3) is 1.00. The van der Waals surface area contributed by atoms with E-state index in [4.69, 9.17) is 0 Å². The molecule has 1 heterocycles. The van der Waals surface area contributed by atoms with Gasteiger partial charge in [0.25, 0.3) is 10.2 Å². The number of piperidine rings is 1. The van der Waals surface area contributed by atoms with Gasteiger partial charge in [-0.25, -0.2) is 0 Å². The van der Waals surface area contributed by atoms with Gasteiger partial charge in [-0.3, -0.25) is 0 Å². The second-order valence-electron chi connectivity index (χ2n) is 6.47. The Hall–Kier alpha value is -0.170. The highest BCUT2D eigenvalue weighted by Gasteiger charge is 2.40. The molecule has 0 amide bonds. The van der Waals surface area contributed by atoms with Crippen molar-refractivity contribution in [1.82, 2.24) is 13.9 Å². The average molecular weight is 301 g/mol. The third kappa shape index (κ3) is 3.35. The minimum absolute atomic E-state index is 0.277. The molecule has 0 bridgehead atoms. The van der Waals surface area contributed by atoms with Crippen LogP contribution in [0, 0.1) is 5.92 Å². The van der Waals surface area contributed by atoms with Crippen LogP contribution in [0.25, 0.3) is 0 Å². The lowest BCUT2D eigenvalue weighted by molar-refractivity contribution is 0.248. The molecule has 1 aliphatic heterocycles. The zero-order chi connectivity index (χ0) is 14.2. The van der Waals surface area contributed by atoms with E-state index in [0.29, 0.717) is 25.6 Å². The van der Waals surface area contributed by atoms with Crippen LogP contribution in [0.15, 0.2) is 0 Å². The largest absolute Gasteiger partial charge is 0.314 e. The zero-order valence-electron chi connectivity index (χ0n) is 12.4. The molecule has 5 nitrogen and oxygen atoms in total. The Morgan fingerprint density at radius 1 is 1.10 bits per heavy atom. The summed E-state index contributed by atoms with van der Waals surface area (Å²) in [6.07, 6.45) is 6.71. The quantitative estimate of drug-likeness (QED) is 0.768. The van der Waals surface area contributed by atoms with Crippen molar-refractivity contribution in [2.45, 2.75) is 57.5 Å². The summed E-state index contributed by atoms with van der Waals surface area (Å²) in [5.41, 5.74) is 0. The fourth-order valence-electron chi connectivity index (χ4n) is 3.09. The summed E-state index contributed by atoms with van der Waals surface area (Å²) in [5, 5.41) is 3.56. The summed E-state index contributed by atoms with van der Waals surface area (Å²) >= 11 is 0. The molecule has 0 unspecified atom stereocenters. The second kappa shape index (κ2) is 5.91. The number of hydrogen-bond acceptors (Lipinski definition) is 3. The molecule has 20 heavy (non-hydrogen) atoms. The van der Waals surface area contributed by atoms with Crippen LogP contribution in [0.1, 0.15) is 45.4 Å². The first-order chi connectivity index (χ1) is 9.61. The molecule has 1 N–H and O–H groups in total. The Kier molecular flexibility index (Phi) is 4.36. The highest BCUT2D eigenvalue weighted by Crippen LogP contribution is 2.31. The van der Waals surface area contributed by atoms with Gasteiger partial charge in [-0.05, 0) is 51.0 Å². The Balaban J connectivity index is 1.50. The van der Waals surface area contributed by atoms with Crippen LogP contribution in [-0.4, -0.2) is 55.3 Å². The monoisotopic (exact) mass is 301 g/mol. The third-order valence-corrected chi connectivity index (χ3v) is 6.90. The molecule has 0 radical (unpaired) electrons. The van der Waals surface area contributed by atoms with Crippen molar-refractivity contribution in [2.75, 3.05) is 26.2 Å². The standard InChI is InChI=1S/C14H27N3O2S/c1-2-17(14-5-6-14)20(18,19)16-9-7-12(8-10-16)11-15-13-3-4-13/h12-15H,2-11H2,1H3. The highest BCUT2D eigenvalue weighted by atomic mass is 32.2. The molecule has 3 aliphatic rings. The van der Waals surface area contributed by atoms with Gasteiger partial charge < -0.3 is 5.32 Å². The van der Waals surface area contributed by atoms with Crippen LogP contribution in [0.2, 0.25) is 0 Å². The summed E-state index contributed by atoms with van der Waals surface area (Å²) in [5.74, 6) is 0.651. The van der Waals surface area contributed by atoms with Crippen LogP contribution >= 0.6 is 0 Å². The minimum atomic E-state index is -3.21. The molecule has 0 spiro atoms. The molecule has 6 heteroatoms. The lowest BCUT2D eigenvalue weighted by Gasteiger charge is -2.34. The predicted molar refractivity (Wildman–Crippen MR) is 79.6 cm³/mol. The first-order valence-electron chi connectivity index (χ1n) is 8.11. The van der Waals surface area contributed by atoms with E-state index in [1.54, 1.807) is 8.61 Å². The summed E-state index contributed by atoms with van der Waals surface area (Å²) in [6, 6.07) is 1.03. The van der Waals surface area contributed by atoms with E-state index in [1.165, 1.54) is 12.8 Å². The van der Waals surface area contributed by atoms with Gasteiger partial charge in [0.15, 0.2) is 0 Å². The van der Waals surface area contributed by atoms with E-state index < -0.39 is 10.2 Å². The lowest BCUT2D eigenvalue weighted by Crippen LogP contribution is -2.48. The van der Waals surface area contributed by atoms with E-state index in [9.17, 15) is 8.42 Å². The maximum Gasteiger partial charge on any atom is 0.282 e. The summed E-state index contributed by atoms with van der Waals surface area (Å²) in [4.78, 5) is 0. The maximum absolute atomic E-state index is 12.6. The van der Waals surface area contributed by atoms with Gasteiger partial charge >= 0.3 is 0 Å². The summed E-state index contributed by atoms with van der Waals surface area (Å²) in [7, 11) is -3.21. The van der Waals surface area contributed by atoms with Gasteiger partial charge in [-0.1, -0.05) is 6.92 Å². The van der Waals surface area contributed by atoms with Crippen LogP contribution < -0.4 is 5.32 Å². The van der Waals surface area contributed by atoms with Crippen LogP contribution in [-0.2, 0) is 10.2 Å². The summed E-state index contributed by atoms with van der Waals surface area (Å²) in [6.45, 7) is 5.02. The van der Waals surface area contributed by atoms with E-state index in [0.717, 1.165) is 38.3 Å². The van der Waals surface area contributed by atoms with Gasteiger partial charge in [-0.15, -0.1) is 0 Å². The molecule has 0 aromatic rings. The Bertz CT molecular complexity index is 424. The topological polar surface area (TPSA) is 52.7 Å². The van der Waals surface area contributed by atoms with E-state index in [1.807, 2.05) is 6.92 Å². The van der Waals surface area contributed by atoms with Crippen molar-refractivity contribution in [1.29, 1.82) is 0 Å². The van der Waals surface area contributed by atoms with Crippen molar-refractivity contribution < 1.29 is 8.42 Å². The molecular weight excluding hydrogens is 274 g/mol. The van der Waals surface area contributed by atoms with Gasteiger partial charge in [0.05, 0.1) is 0 Å². The van der Waals surface area contributed by atoms with Crippen molar-refractivity contribution in [3.63, 3.8) is 0 Å². The summed E-state index contributed by atoms with van der Waals surface area (Å²) < 4.78 is 28.6. The van der Waals surface area contributed by atoms with Gasteiger partial charge in [-0.2, -0.15) is 17.0 Å². The third-order valence-electron chi connectivity index (χ3n) is 4.73. The second-order valence-corrected chi connectivity index (χ2v) is 8.35. The van der Waals surface area contributed by atoms with E-state index >= 15 is 0 Å². The SMILES string of the molecule is CCN(C1CC1)S(=O)(=O)N1CCC(CNC2CC2)CC1. The molecule has 3 fully saturated rings. The first kappa shape index (κ1) is 14.8. The molecule has 3 rings (SSSR count). The molecular formula is C14H27N3O2S. The smallest absolute Gasteiger partial charge is 0.282 e. The minimum Gasteiger partial charge on any atom is -0.314 e. The van der Waals surface area contributed by atoms with Crippen molar-refractivity contribution in [3.05, 3.63) is 0 Å². The number of hydrogen-bond donors (Lipinski definition) is 1. The van der Waals surface area contributed by atoms with Gasteiger partial charge in [0.1, 0.15) is 0 Å². The molecule has 1 saturated heterocycles. The van der Waals surface area contributed by atoms with E-state index in [2.05, 4.69) is 5.32 Å². The number of rotatable bonds is 7. The van der Waals surface area contributed by atoms with Crippen molar-refractivity contribution in [3.8, 4) is 0 Å². The Morgan fingerprint density at radius 2 is 1.75 bits per heavy atom. The molecule has 0 aromatic heterocycles. The van der Waals surface area contributed by atoms with Gasteiger partial charge in [0, 0.05) is 31.7 Å². The molecule has 2 saturated carbocycles. The highest BCUT2D eigenvalue weighted by molar-refractivity contribution is 7.86. The lowest BCUT2D eigenvalue weighted by atomic mass is 9.98. The fourth-order valence-corrected chi connectivity index (χ4v) is 4.97. The number of nitrogens with one attached hydrogen (secondary N) is 1. The van der Waals surface area contributed by atoms with Crippen LogP contribution in [0.4, 0.5) is 0 Å². The average Bonchev–Trinajstić information content (AvgIpc) is 3.31. The normalized spacial score (nSPS) is 26.3.